The predicted molar refractivity (Wildman–Crippen MR) is 80.4 cm³/mol. The zero-order valence-corrected chi connectivity index (χ0v) is 11.9. The number of carbonyl (C=O) groups excluding carboxylic acids is 1. The minimum atomic E-state index is 0.163. The first kappa shape index (κ1) is 13.9. The van der Waals surface area contributed by atoms with E-state index in [1.54, 1.807) is 0 Å². The normalized spacial score (nSPS) is 15.9. The van der Waals surface area contributed by atoms with E-state index in [4.69, 9.17) is 0 Å². The highest BCUT2D eigenvalue weighted by Gasteiger charge is 2.29. The second kappa shape index (κ2) is 6.60. The number of benzene rings is 1. The van der Waals surface area contributed by atoms with Crippen molar-refractivity contribution in [3.63, 3.8) is 0 Å². The maximum Gasteiger partial charge on any atom is 0.227 e. The average Bonchev–Trinajstić information content (AvgIpc) is 3.21. The van der Waals surface area contributed by atoms with Gasteiger partial charge in [0.25, 0.3) is 0 Å². The summed E-state index contributed by atoms with van der Waals surface area (Å²) < 4.78 is 0. The first-order valence-electron chi connectivity index (χ1n) is 7.34. The van der Waals surface area contributed by atoms with Crippen molar-refractivity contribution in [1.82, 2.24) is 0 Å². The lowest BCUT2D eigenvalue weighted by Crippen LogP contribution is -2.14. The van der Waals surface area contributed by atoms with E-state index in [0.29, 0.717) is 5.92 Å². The molecule has 1 atom stereocenters. The molecule has 0 bridgehead atoms. The van der Waals surface area contributed by atoms with Gasteiger partial charge in [-0.3, -0.25) is 4.79 Å². The van der Waals surface area contributed by atoms with Gasteiger partial charge in [0, 0.05) is 23.8 Å². The van der Waals surface area contributed by atoms with Gasteiger partial charge in [-0.05, 0) is 43.4 Å². The summed E-state index contributed by atoms with van der Waals surface area (Å²) in [6.07, 6.45) is 4.54. The second-order valence-corrected chi connectivity index (χ2v) is 5.62. The maximum absolute atomic E-state index is 11.7. The summed E-state index contributed by atoms with van der Waals surface area (Å²) in [4.78, 5) is 11.7. The van der Waals surface area contributed by atoms with Gasteiger partial charge in [-0.1, -0.05) is 26.3 Å². The molecule has 1 aliphatic rings. The highest BCUT2D eigenvalue weighted by molar-refractivity contribution is 5.94. The van der Waals surface area contributed by atoms with Gasteiger partial charge < -0.3 is 10.6 Å². The largest absolute Gasteiger partial charge is 0.385 e. The van der Waals surface area contributed by atoms with Crippen LogP contribution in [0.1, 0.15) is 39.5 Å². The van der Waals surface area contributed by atoms with Crippen molar-refractivity contribution in [3.8, 4) is 0 Å². The van der Waals surface area contributed by atoms with E-state index < -0.39 is 0 Å². The maximum atomic E-state index is 11.7. The Morgan fingerprint density at radius 2 is 2.11 bits per heavy atom. The summed E-state index contributed by atoms with van der Waals surface area (Å²) >= 11 is 0. The smallest absolute Gasteiger partial charge is 0.227 e. The first-order chi connectivity index (χ1) is 9.19. The average molecular weight is 260 g/mol. The summed E-state index contributed by atoms with van der Waals surface area (Å²) in [7, 11) is 0. The fourth-order valence-electron chi connectivity index (χ4n) is 2.18. The molecule has 3 nitrogen and oxygen atoms in total. The molecule has 1 aromatic rings. The van der Waals surface area contributed by atoms with Gasteiger partial charge in [0.05, 0.1) is 0 Å². The molecule has 0 aromatic heterocycles. The molecule has 0 heterocycles. The van der Waals surface area contributed by atoms with Crippen molar-refractivity contribution < 1.29 is 4.79 Å². The topological polar surface area (TPSA) is 41.1 Å². The summed E-state index contributed by atoms with van der Waals surface area (Å²) in [5, 5.41) is 6.41. The zero-order chi connectivity index (χ0) is 13.7. The first-order valence-corrected chi connectivity index (χ1v) is 7.34. The molecule has 2 rings (SSSR count). The van der Waals surface area contributed by atoms with E-state index in [-0.39, 0.29) is 11.8 Å². The van der Waals surface area contributed by atoms with Gasteiger partial charge in [0.2, 0.25) is 5.91 Å². The quantitative estimate of drug-likeness (QED) is 0.781. The molecule has 1 fully saturated rings. The Morgan fingerprint density at radius 1 is 1.37 bits per heavy atom. The number of rotatable bonds is 7. The van der Waals surface area contributed by atoms with E-state index in [0.717, 1.165) is 30.8 Å². The van der Waals surface area contributed by atoms with Crippen molar-refractivity contribution in [2.75, 3.05) is 17.2 Å². The molecule has 0 aliphatic heterocycles. The third kappa shape index (κ3) is 4.58. The van der Waals surface area contributed by atoms with Crippen molar-refractivity contribution in [2.24, 2.45) is 11.8 Å². The van der Waals surface area contributed by atoms with Crippen LogP contribution in [0.15, 0.2) is 24.3 Å². The van der Waals surface area contributed by atoms with Crippen LogP contribution in [0.2, 0.25) is 0 Å². The number of hydrogen-bond donors (Lipinski definition) is 2. The van der Waals surface area contributed by atoms with E-state index in [2.05, 4.69) is 24.5 Å². The highest BCUT2D eigenvalue weighted by Crippen LogP contribution is 2.30. The van der Waals surface area contributed by atoms with Crippen LogP contribution >= 0.6 is 0 Å². The van der Waals surface area contributed by atoms with Crippen LogP contribution < -0.4 is 10.6 Å². The Morgan fingerprint density at radius 3 is 2.79 bits per heavy atom. The van der Waals surface area contributed by atoms with Crippen LogP contribution in [0.25, 0.3) is 0 Å². The van der Waals surface area contributed by atoms with Crippen LogP contribution in [-0.2, 0) is 4.79 Å². The third-order valence-corrected chi connectivity index (χ3v) is 3.51. The van der Waals surface area contributed by atoms with E-state index in [1.807, 2.05) is 24.3 Å². The fraction of sp³-hybridized carbons (Fsp3) is 0.562. The van der Waals surface area contributed by atoms with Gasteiger partial charge >= 0.3 is 0 Å². The Hall–Kier alpha value is -1.51. The van der Waals surface area contributed by atoms with Gasteiger partial charge in [-0.2, -0.15) is 0 Å². The van der Waals surface area contributed by atoms with Crippen LogP contribution in [0.5, 0.6) is 0 Å². The molecule has 1 amide bonds. The monoisotopic (exact) mass is 260 g/mol. The molecule has 19 heavy (non-hydrogen) atoms. The molecule has 2 N–H and O–H groups in total. The number of carbonyl (C=O) groups is 1. The van der Waals surface area contributed by atoms with Crippen molar-refractivity contribution in [2.45, 2.75) is 39.5 Å². The summed E-state index contributed by atoms with van der Waals surface area (Å²) in [6.45, 7) is 5.45. The standard InChI is InChI=1S/C16H24N2O/c1-3-5-12(2)11-17-14-6-4-7-15(10-14)18-16(19)13-8-9-13/h4,6-7,10,12-13,17H,3,5,8-9,11H2,1-2H3,(H,18,19). The molecule has 0 radical (unpaired) electrons. The van der Waals surface area contributed by atoms with Crippen LogP contribution in [0, 0.1) is 11.8 Å². The Balaban J connectivity index is 1.85. The zero-order valence-electron chi connectivity index (χ0n) is 11.9. The van der Waals surface area contributed by atoms with Gasteiger partial charge in [0.15, 0.2) is 0 Å². The predicted octanol–water partition coefficient (Wildman–Crippen LogP) is 3.88. The van der Waals surface area contributed by atoms with Crippen molar-refractivity contribution in [3.05, 3.63) is 24.3 Å². The van der Waals surface area contributed by atoms with E-state index >= 15 is 0 Å². The van der Waals surface area contributed by atoms with Crippen LogP contribution in [0.3, 0.4) is 0 Å². The molecule has 3 heteroatoms. The number of amides is 1. The highest BCUT2D eigenvalue weighted by atomic mass is 16.2. The third-order valence-electron chi connectivity index (χ3n) is 3.51. The fourth-order valence-corrected chi connectivity index (χ4v) is 2.18. The molecular weight excluding hydrogens is 236 g/mol. The van der Waals surface area contributed by atoms with Crippen molar-refractivity contribution >= 4 is 17.3 Å². The molecule has 1 aliphatic carbocycles. The molecule has 1 saturated carbocycles. The van der Waals surface area contributed by atoms with Crippen LogP contribution in [-0.4, -0.2) is 12.5 Å². The lowest BCUT2D eigenvalue weighted by atomic mass is 10.1. The van der Waals surface area contributed by atoms with E-state index in [1.165, 1.54) is 12.8 Å². The summed E-state index contributed by atoms with van der Waals surface area (Å²) in [6, 6.07) is 7.99. The minimum absolute atomic E-state index is 0.163. The Labute approximate surface area is 115 Å². The SMILES string of the molecule is CCCC(C)CNc1cccc(NC(=O)C2CC2)c1. The Kier molecular flexibility index (Phi) is 4.83. The van der Waals surface area contributed by atoms with E-state index in [9.17, 15) is 4.79 Å². The second-order valence-electron chi connectivity index (χ2n) is 5.62. The summed E-state index contributed by atoms with van der Waals surface area (Å²) in [5.41, 5.74) is 1.97. The molecule has 1 aromatic carbocycles. The van der Waals surface area contributed by atoms with Crippen molar-refractivity contribution in [1.29, 1.82) is 0 Å². The lowest BCUT2D eigenvalue weighted by molar-refractivity contribution is -0.117. The van der Waals surface area contributed by atoms with Gasteiger partial charge in [0.1, 0.15) is 0 Å². The van der Waals surface area contributed by atoms with Crippen LogP contribution in [0.4, 0.5) is 11.4 Å². The molecular formula is C16H24N2O. The molecule has 0 spiro atoms. The number of anilines is 2. The number of nitrogens with one attached hydrogen (secondary N) is 2. The van der Waals surface area contributed by atoms with Gasteiger partial charge in [-0.15, -0.1) is 0 Å². The molecule has 0 saturated heterocycles. The minimum Gasteiger partial charge on any atom is -0.385 e. The molecule has 104 valence electrons. The number of hydrogen-bond acceptors (Lipinski definition) is 2. The molecule has 1 unspecified atom stereocenters. The van der Waals surface area contributed by atoms with Gasteiger partial charge in [-0.25, -0.2) is 0 Å². The lowest BCUT2D eigenvalue weighted by Gasteiger charge is -2.13. The summed E-state index contributed by atoms with van der Waals surface area (Å²) in [5.74, 6) is 1.09. The Bertz CT molecular complexity index is 427.